The smallest absolute Gasteiger partial charge is 0.416 e. The van der Waals surface area contributed by atoms with Crippen molar-refractivity contribution >= 4 is 17.7 Å². The summed E-state index contributed by atoms with van der Waals surface area (Å²) in [6.07, 6.45) is -2.09. The minimum atomic E-state index is -4.39. The zero-order valence-corrected chi connectivity index (χ0v) is 17.9. The second-order valence-corrected chi connectivity index (χ2v) is 9.66. The third kappa shape index (κ3) is 5.57. The predicted octanol–water partition coefficient (Wildman–Crippen LogP) is 5.58. The van der Waals surface area contributed by atoms with Crippen molar-refractivity contribution in [2.24, 2.45) is 5.41 Å². The highest BCUT2D eigenvalue weighted by molar-refractivity contribution is 6.30. The van der Waals surface area contributed by atoms with Crippen molar-refractivity contribution in [1.29, 1.82) is 0 Å². The predicted molar refractivity (Wildman–Crippen MR) is 106 cm³/mol. The molecule has 2 heterocycles. The Balaban J connectivity index is 1.61. The zero-order chi connectivity index (χ0) is 21.4. The summed E-state index contributed by atoms with van der Waals surface area (Å²) in [5.41, 5.74) is -0.880. The molecule has 2 aliphatic heterocycles. The van der Waals surface area contributed by atoms with Gasteiger partial charge in [-0.15, -0.1) is 0 Å². The van der Waals surface area contributed by atoms with E-state index in [-0.39, 0.29) is 23.6 Å². The third-order valence-electron chi connectivity index (χ3n) is 5.76. The van der Waals surface area contributed by atoms with Crippen LogP contribution in [-0.2, 0) is 17.5 Å². The van der Waals surface area contributed by atoms with Gasteiger partial charge < -0.3 is 9.64 Å². The fourth-order valence-corrected chi connectivity index (χ4v) is 4.47. The lowest BCUT2D eigenvalue weighted by Gasteiger charge is -2.39. The molecule has 2 fully saturated rings. The quantitative estimate of drug-likeness (QED) is 0.611. The molecule has 1 amide bonds. The number of amides is 1. The summed E-state index contributed by atoms with van der Waals surface area (Å²) >= 11 is 5.95. The van der Waals surface area contributed by atoms with Gasteiger partial charge in [-0.2, -0.15) is 13.2 Å². The first-order valence-corrected chi connectivity index (χ1v) is 10.3. The lowest BCUT2D eigenvalue weighted by Crippen LogP contribution is -2.46. The second kappa shape index (κ2) is 7.99. The molecule has 0 radical (unpaired) electrons. The minimum absolute atomic E-state index is 0.0511. The number of hydrogen-bond donors (Lipinski definition) is 0. The van der Waals surface area contributed by atoms with E-state index in [1.165, 1.54) is 12.1 Å². The largest absolute Gasteiger partial charge is 0.444 e. The number of ether oxygens (including phenoxy) is 1. The topological polar surface area (TPSA) is 32.8 Å². The SMILES string of the molecule is CC(C)(C)OC(=O)N1CCC2(CCN(Cc3cc(Cl)ccc3C(F)(F)F)C2)CC1. The van der Waals surface area contributed by atoms with Crippen LogP contribution in [0.4, 0.5) is 18.0 Å². The maximum atomic E-state index is 13.3. The van der Waals surface area contributed by atoms with Crippen molar-refractivity contribution in [3.63, 3.8) is 0 Å². The van der Waals surface area contributed by atoms with Gasteiger partial charge in [0.05, 0.1) is 5.56 Å². The molecule has 0 bridgehead atoms. The van der Waals surface area contributed by atoms with Crippen LogP contribution in [0.2, 0.25) is 5.02 Å². The standard InChI is InChI=1S/C21H28ClF3N2O2/c1-19(2,3)29-18(28)27-10-7-20(8-11-27)6-9-26(14-20)13-15-12-16(22)4-5-17(15)21(23,24)25/h4-5,12H,6-11,13-14H2,1-3H3. The van der Waals surface area contributed by atoms with E-state index < -0.39 is 17.3 Å². The first-order valence-electron chi connectivity index (χ1n) is 9.93. The second-order valence-electron chi connectivity index (χ2n) is 9.23. The van der Waals surface area contributed by atoms with E-state index >= 15 is 0 Å². The van der Waals surface area contributed by atoms with Crippen molar-refractivity contribution < 1.29 is 22.7 Å². The van der Waals surface area contributed by atoms with Gasteiger partial charge in [0.25, 0.3) is 0 Å². The lowest BCUT2D eigenvalue weighted by molar-refractivity contribution is -0.138. The van der Waals surface area contributed by atoms with Crippen LogP contribution in [0.1, 0.15) is 51.2 Å². The third-order valence-corrected chi connectivity index (χ3v) is 5.99. The molecule has 0 aliphatic carbocycles. The molecule has 2 saturated heterocycles. The van der Waals surface area contributed by atoms with Gasteiger partial charge in [0.1, 0.15) is 5.60 Å². The molecule has 4 nitrogen and oxygen atoms in total. The summed E-state index contributed by atoms with van der Waals surface area (Å²) in [5.74, 6) is 0. The Hall–Kier alpha value is -1.47. The number of nitrogens with zero attached hydrogens (tertiary/aromatic N) is 2. The van der Waals surface area contributed by atoms with Crippen molar-refractivity contribution in [3.05, 3.63) is 34.3 Å². The highest BCUT2D eigenvalue weighted by atomic mass is 35.5. The van der Waals surface area contributed by atoms with E-state index in [9.17, 15) is 18.0 Å². The molecule has 2 aliphatic rings. The lowest BCUT2D eigenvalue weighted by atomic mass is 9.78. The molecule has 0 N–H and O–H groups in total. The van der Waals surface area contributed by atoms with Crippen LogP contribution in [0.15, 0.2) is 18.2 Å². The number of likely N-dealkylation sites (tertiary alicyclic amines) is 2. The highest BCUT2D eigenvalue weighted by Crippen LogP contribution is 2.42. The zero-order valence-electron chi connectivity index (χ0n) is 17.1. The van der Waals surface area contributed by atoms with Gasteiger partial charge in [-0.3, -0.25) is 4.90 Å². The molecule has 1 aromatic rings. The van der Waals surface area contributed by atoms with Crippen LogP contribution >= 0.6 is 11.6 Å². The summed E-state index contributed by atoms with van der Waals surface area (Å²) < 4.78 is 45.4. The summed E-state index contributed by atoms with van der Waals surface area (Å²) in [5, 5.41) is 0.313. The fraction of sp³-hybridized carbons (Fsp3) is 0.667. The van der Waals surface area contributed by atoms with Crippen molar-refractivity contribution in [2.75, 3.05) is 26.2 Å². The van der Waals surface area contributed by atoms with E-state index in [4.69, 9.17) is 16.3 Å². The molecular weight excluding hydrogens is 405 g/mol. The van der Waals surface area contributed by atoms with E-state index in [1.807, 2.05) is 20.8 Å². The molecule has 1 aromatic carbocycles. The van der Waals surface area contributed by atoms with Gasteiger partial charge >= 0.3 is 12.3 Å². The first kappa shape index (κ1) is 22.2. The minimum Gasteiger partial charge on any atom is -0.444 e. The Labute approximate surface area is 174 Å². The van der Waals surface area contributed by atoms with E-state index in [0.717, 1.165) is 38.4 Å². The van der Waals surface area contributed by atoms with Crippen molar-refractivity contribution in [2.45, 2.75) is 58.4 Å². The van der Waals surface area contributed by atoms with Gasteiger partial charge in [0, 0.05) is 31.2 Å². The number of benzene rings is 1. The van der Waals surface area contributed by atoms with Crippen LogP contribution in [0, 0.1) is 5.41 Å². The maximum absolute atomic E-state index is 13.3. The average Bonchev–Trinajstić information content (AvgIpc) is 2.95. The Bertz CT molecular complexity index is 753. The number of hydrogen-bond acceptors (Lipinski definition) is 3. The number of halogens is 4. The Morgan fingerprint density at radius 2 is 1.76 bits per heavy atom. The van der Waals surface area contributed by atoms with Crippen molar-refractivity contribution in [3.8, 4) is 0 Å². The van der Waals surface area contributed by atoms with Crippen molar-refractivity contribution in [1.82, 2.24) is 9.80 Å². The monoisotopic (exact) mass is 432 g/mol. The van der Waals surface area contributed by atoms with Gasteiger partial charge in [-0.1, -0.05) is 11.6 Å². The van der Waals surface area contributed by atoms with Gasteiger partial charge in [-0.05, 0) is 75.8 Å². The number of piperidine rings is 1. The Morgan fingerprint density at radius 1 is 1.14 bits per heavy atom. The number of rotatable bonds is 2. The van der Waals surface area contributed by atoms with Gasteiger partial charge in [-0.25, -0.2) is 4.79 Å². The molecule has 162 valence electrons. The van der Waals surface area contributed by atoms with E-state index in [2.05, 4.69) is 4.90 Å². The number of carbonyl (C=O) groups is 1. The van der Waals surface area contributed by atoms with Crippen LogP contribution in [-0.4, -0.2) is 47.7 Å². The molecule has 0 aromatic heterocycles. The summed E-state index contributed by atoms with van der Waals surface area (Å²) in [7, 11) is 0. The molecule has 0 atom stereocenters. The molecular formula is C21H28ClF3N2O2. The Kier molecular flexibility index (Phi) is 6.12. The van der Waals surface area contributed by atoms with Crippen LogP contribution in [0.3, 0.4) is 0 Å². The Morgan fingerprint density at radius 3 is 2.34 bits per heavy atom. The summed E-state index contributed by atoms with van der Waals surface area (Å²) in [4.78, 5) is 16.1. The highest BCUT2D eigenvalue weighted by Gasteiger charge is 2.42. The molecule has 29 heavy (non-hydrogen) atoms. The normalized spacial score (nSPS) is 20.3. The van der Waals surface area contributed by atoms with Gasteiger partial charge in [0.2, 0.25) is 0 Å². The molecule has 3 rings (SSSR count). The number of alkyl halides is 3. The summed E-state index contributed by atoms with van der Waals surface area (Å²) in [6.45, 7) is 8.48. The van der Waals surface area contributed by atoms with Gasteiger partial charge in [0.15, 0.2) is 0 Å². The molecule has 8 heteroatoms. The van der Waals surface area contributed by atoms with Crippen LogP contribution in [0.5, 0.6) is 0 Å². The molecule has 0 unspecified atom stereocenters. The first-order chi connectivity index (χ1) is 13.4. The van der Waals surface area contributed by atoms with Crippen LogP contribution < -0.4 is 0 Å². The average molecular weight is 433 g/mol. The molecule has 1 spiro atoms. The summed E-state index contributed by atoms with van der Waals surface area (Å²) in [6, 6.07) is 3.76. The van der Waals surface area contributed by atoms with Crippen LogP contribution in [0.25, 0.3) is 0 Å². The van der Waals surface area contributed by atoms with E-state index in [1.54, 1.807) is 4.90 Å². The van der Waals surface area contributed by atoms with E-state index in [0.29, 0.717) is 18.1 Å². The maximum Gasteiger partial charge on any atom is 0.416 e. The fourth-order valence-electron chi connectivity index (χ4n) is 4.27. The molecule has 0 saturated carbocycles. The number of carbonyl (C=O) groups excluding carboxylic acids is 1.